The number of carbonyl (C=O) groups excluding carboxylic acids is 1. The van der Waals surface area contributed by atoms with Gasteiger partial charge in [0.2, 0.25) is 0 Å². The molecule has 0 aliphatic carbocycles. The van der Waals surface area contributed by atoms with E-state index < -0.39 is 0 Å². The summed E-state index contributed by atoms with van der Waals surface area (Å²) in [4.78, 5) is 16.3. The third-order valence-corrected chi connectivity index (χ3v) is 3.52. The Hall–Kier alpha value is -1.68. The minimum atomic E-state index is -0.0583. The molecule has 0 aliphatic rings. The van der Waals surface area contributed by atoms with Crippen LogP contribution in [0.1, 0.15) is 21.5 Å². The summed E-state index contributed by atoms with van der Waals surface area (Å²) >= 11 is 3.41. The van der Waals surface area contributed by atoms with Crippen LogP contribution in [0.5, 0.6) is 5.75 Å². The maximum Gasteiger partial charge on any atom is 0.194 e. The van der Waals surface area contributed by atoms with Crippen molar-refractivity contribution < 1.29 is 9.53 Å². The van der Waals surface area contributed by atoms with Gasteiger partial charge >= 0.3 is 0 Å². The van der Waals surface area contributed by atoms with Gasteiger partial charge in [0.25, 0.3) is 0 Å². The number of halogens is 1. The molecular weight excluding hydrogens is 294 g/mol. The lowest BCUT2D eigenvalue weighted by atomic mass is 10.0. The third kappa shape index (κ3) is 2.59. The summed E-state index contributed by atoms with van der Waals surface area (Å²) in [6, 6.07) is 7.20. The highest BCUT2D eigenvalue weighted by molar-refractivity contribution is 9.10. The Balaban J connectivity index is 2.38. The lowest BCUT2D eigenvalue weighted by Crippen LogP contribution is -2.02. The number of aryl methyl sites for hydroxylation is 1. The molecule has 0 atom stereocenters. The summed E-state index contributed by atoms with van der Waals surface area (Å²) in [5.74, 6) is 0.520. The third-order valence-electron chi connectivity index (χ3n) is 2.63. The molecule has 4 heteroatoms. The largest absolute Gasteiger partial charge is 0.495 e. The van der Waals surface area contributed by atoms with Gasteiger partial charge in [0.05, 0.1) is 13.3 Å². The first-order valence-electron chi connectivity index (χ1n) is 5.41. The van der Waals surface area contributed by atoms with Crippen molar-refractivity contribution in [3.05, 3.63) is 57.8 Å². The van der Waals surface area contributed by atoms with Gasteiger partial charge in [-0.3, -0.25) is 9.78 Å². The standard InChI is InChI=1S/C14H12BrNO2/c1-9-5-10(3-4-13(9)15)14(17)11-6-12(18-2)8-16-7-11/h3-8H,1-2H3. The predicted octanol–water partition coefficient (Wildman–Crippen LogP) is 3.39. The maximum absolute atomic E-state index is 12.3. The highest BCUT2D eigenvalue weighted by Crippen LogP contribution is 2.20. The van der Waals surface area contributed by atoms with Crippen molar-refractivity contribution in [3.63, 3.8) is 0 Å². The topological polar surface area (TPSA) is 39.2 Å². The van der Waals surface area contributed by atoms with Crippen LogP contribution >= 0.6 is 15.9 Å². The van der Waals surface area contributed by atoms with Crippen molar-refractivity contribution in [1.82, 2.24) is 4.98 Å². The first-order valence-corrected chi connectivity index (χ1v) is 6.21. The molecule has 3 nitrogen and oxygen atoms in total. The molecule has 0 radical (unpaired) electrons. The number of hydrogen-bond acceptors (Lipinski definition) is 3. The van der Waals surface area contributed by atoms with E-state index in [-0.39, 0.29) is 5.78 Å². The second-order valence-electron chi connectivity index (χ2n) is 3.91. The summed E-state index contributed by atoms with van der Waals surface area (Å²) < 4.78 is 6.05. The van der Waals surface area contributed by atoms with Crippen LogP contribution < -0.4 is 4.74 Å². The molecule has 0 bridgehead atoms. The average Bonchev–Trinajstić information content (AvgIpc) is 2.41. The second-order valence-corrected chi connectivity index (χ2v) is 4.76. The summed E-state index contributed by atoms with van der Waals surface area (Å²) in [5, 5.41) is 0. The Morgan fingerprint density at radius 1 is 1.22 bits per heavy atom. The molecule has 18 heavy (non-hydrogen) atoms. The molecular formula is C14H12BrNO2. The number of rotatable bonds is 3. The van der Waals surface area contributed by atoms with Crippen LogP contribution in [0, 0.1) is 6.92 Å². The van der Waals surface area contributed by atoms with Gasteiger partial charge < -0.3 is 4.74 Å². The molecule has 2 rings (SSSR count). The SMILES string of the molecule is COc1cncc(C(=O)c2ccc(Br)c(C)c2)c1. The number of aromatic nitrogens is 1. The zero-order chi connectivity index (χ0) is 13.1. The van der Waals surface area contributed by atoms with E-state index in [0.29, 0.717) is 16.9 Å². The van der Waals surface area contributed by atoms with Crippen LogP contribution in [0.25, 0.3) is 0 Å². The Kier molecular flexibility index (Phi) is 3.77. The van der Waals surface area contributed by atoms with E-state index in [1.165, 1.54) is 0 Å². The lowest BCUT2D eigenvalue weighted by Gasteiger charge is -2.05. The van der Waals surface area contributed by atoms with Crippen LogP contribution in [-0.4, -0.2) is 17.9 Å². The summed E-state index contributed by atoms with van der Waals surface area (Å²) in [6.45, 7) is 1.95. The first-order chi connectivity index (χ1) is 8.61. The zero-order valence-electron chi connectivity index (χ0n) is 10.1. The summed E-state index contributed by atoms with van der Waals surface area (Å²) in [7, 11) is 1.55. The van der Waals surface area contributed by atoms with E-state index in [9.17, 15) is 4.79 Å². The molecule has 1 aromatic heterocycles. The Morgan fingerprint density at radius 3 is 2.67 bits per heavy atom. The van der Waals surface area contributed by atoms with Crippen molar-refractivity contribution in [3.8, 4) is 5.75 Å². The van der Waals surface area contributed by atoms with Crippen LogP contribution in [0.2, 0.25) is 0 Å². The minimum absolute atomic E-state index is 0.0583. The number of carbonyl (C=O) groups is 1. The molecule has 92 valence electrons. The van der Waals surface area contributed by atoms with E-state index in [1.54, 1.807) is 31.6 Å². The number of nitrogens with zero attached hydrogens (tertiary/aromatic N) is 1. The molecule has 2 aromatic rings. The number of pyridine rings is 1. The number of methoxy groups -OCH3 is 1. The molecule has 0 saturated heterocycles. The quantitative estimate of drug-likeness (QED) is 0.816. The smallest absolute Gasteiger partial charge is 0.194 e. The molecule has 0 aliphatic heterocycles. The molecule has 0 amide bonds. The fourth-order valence-electron chi connectivity index (χ4n) is 1.61. The molecule has 0 N–H and O–H groups in total. The lowest BCUT2D eigenvalue weighted by molar-refractivity contribution is 0.103. The molecule has 1 aromatic carbocycles. The molecule has 0 spiro atoms. The van der Waals surface area contributed by atoms with Gasteiger partial charge in [-0.25, -0.2) is 0 Å². The van der Waals surface area contributed by atoms with E-state index in [1.807, 2.05) is 19.1 Å². The fourth-order valence-corrected chi connectivity index (χ4v) is 1.85. The molecule has 0 unspecified atom stereocenters. The van der Waals surface area contributed by atoms with E-state index in [0.717, 1.165) is 10.0 Å². The summed E-state index contributed by atoms with van der Waals surface area (Å²) in [5.41, 5.74) is 2.19. The average molecular weight is 306 g/mol. The van der Waals surface area contributed by atoms with E-state index in [2.05, 4.69) is 20.9 Å². The Morgan fingerprint density at radius 2 is 2.00 bits per heavy atom. The van der Waals surface area contributed by atoms with Crippen molar-refractivity contribution in [1.29, 1.82) is 0 Å². The Labute approximate surface area is 114 Å². The number of benzene rings is 1. The van der Waals surface area contributed by atoms with Crippen molar-refractivity contribution >= 4 is 21.7 Å². The number of ether oxygens (including phenoxy) is 1. The first kappa shape index (κ1) is 12.8. The van der Waals surface area contributed by atoms with Crippen molar-refractivity contribution in [2.75, 3.05) is 7.11 Å². The monoisotopic (exact) mass is 305 g/mol. The van der Waals surface area contributed by atoms with Gasteiger partial charge in [-0.05, 0) is 36.8 Å². The highest BCUT2D eigenvalue weighted by atomic mass is 79.9. The molecule has 0 fully saturated rings. The van der Waals surface area contributed by atoms with Crippen molar-refractivity contribution in [2.24, 2.45) is 0 Å². The summed E-state index contributed by atoms with van der Waals surface area (Å²) in [6.07, 6.45) is 3.12. The second kappa shape index (κ2) is 5.31. The Bertz CT molecular complexity index is 596. The number of hydrogen-bond donors (Lipinski definition) is 0. The van der Waals surface area contributed by atoms with E-state index in [4.69, 9.17) is 4.74 Å². The highest BCUT2D eigenvalue weighted by Gasteiger charge is 2.11. The zero-order valence-corrected chi connectivity index (χ0v) is 11.7. The predicted molar refractivity (Wildman–Crippen MR) is 73.1 cm³/mol. The van der Waals surface area contributed by atoms with Crippen LogP contribution in [0.4, 0.5) is 0 Å². The minimum Gasteiger partial charge on any atom is -0.495 e. The molecule has 0 saturated carbocycles. The normalized spacial score (nSPS) is 10.2. The van der Waals surface area contributed by atoms with Crippen LogP contribution in [0.15, 0.2) is 41.1 Å². The maximum atomic E-state index is 12.3. The van der Waals surface area contributed by atoms with Gasteiger partial charge in [-0.1, -0.05) is 15.9 Å². The van der Waals surface area contributed by atoms with Gasteiger partial charge in [0, 0.05) is 21.8 Å². The van der Waals surface area contributed by atoms with Crippen molar-refractivity contribution in [2.45, 2.75) is 6.92 Å². The van der Waals surface area contributed by atoms with Gasteiger partial charge in [-0.15, -0.1) is 0 Å². The van der Waals surface area contributed by atoms with Crippen LogP contribution in [0.3, 0.4) is 0 Å². The van der Waals surface area contributed by atoms with Crippen LogP contribution in [-0.2, 0) is 0 Å². The molecule has 1 heterocycles. The fraction of sp³-hybridized carbons (Fsp3) is 0.143. The van der Waals surface area contributed by atoms with Gasteiger partial charge in [0.1, 0.15) is 5.75 Å². The number of ketones is 1. The van der Waals surface area contributed by atoms with Gasteiger partial charge in [0.15, 0.2) is 5.78 Å². The van der Waals surface area contributed by atoms with Gasteiger partial charge in [-0.2, -0.15) is 0 Å². The van der Waals surface area contributed by atoms with E-state index >= 15 is 0 Å².